The summed E-state index contributed by atoms with van der Waals surface area (Å²) in [4.78, 5) is 27.0. The lowest BCUT2D eigenvalue weighted by Crippen LogP contribution is -2.32. The van der Waals surface area contributed by atoms with Crippen molar-refractivity contribution in [3.63, 3.8) is 0 Å². The van der Waals surface area contributed by atoms with Gasteiger partial charge in [0.2, 0.25) is 11.8 Å². The van der Waals surface area contributed by atoms with E-state index in [0.29, 0.717) is 31.9 Å². The van der Waals surface area contributed by atoms with E-state index in [4.69, 9.17) is 9.52 Å². The summed E-state index contributed by atoms with van der Waals surface area (Å²) in [5, 5.41) is 7.84. The molecule has 1 N–H and O–H groups in total. The van der Waals surface area contributed by atoms with Crippen LogP contribution < -0.4 is 5.32 Å². The monoisotopic (exact) mass is 454 g/mol. The first kappa shape index (κ1) is 21.7. The van der Waals surface area contributed by atoms with Gasteiger partial charge < -0.3 is 14.6 Å². The minimum atomic E-state index is -0.373. The molecular formula is C27H26N4O3. The number of aromatic nitrogens is 2. The number of amides is 2. The number of hydrogen-bond acceptors (Lipinski definition) is 4. The van der Waals surface area contributed by atoms with Crippen molar-refractivity contribution >= 4 is 11.8 Å². The van der Waals surface area contributed by atoms with Crippen molar-refractivity contribution in [2.24, 2.45) is 5.92 Å². The number of rotatable bonds is 8. The predicted molar refractivity (Wildman–Crippen MR) is 127 cm³/mol. The molecule has 0 unspecified atom stereocenters. The van der Waals surface area contributed by atoms with E-state index in [0.717, 1.165) is 22.4 Å². The van der Waals surface area contributed by atoms with Gasteiger partial charge in [0.15, 0.2) is 0 Å². The molecule has 1 fully saturated rings. The number of likely N-dealkylation sites (tertiary alicyclic amines) is 1. The van der Waals surface area contributed by atoms with Gasteiger partial charge in [0, 0.05) is 36.8 Å². The third-order valence-corrected chi connectivity index (χ3v) is 6.04. The highest BCUT2D eigenvalue weighted by atomic mass is 16.3. The highest BCUT2D eigenvalue weighted by Gasteiger charge is 2.34. The van der Waals surface area contributed by atoms with Gasteiger partial charge in [0.05, 0.1) is 31.0 Å². The molecule has 1 aliphatic heterocycles. The maximum absolute atomic E-state index is 12.9. The van der Waals surface area contributed by atoms with E-state index in [1.807, 2.05) is 65.5 Å². The van der Waals surface area contributed by atoms with Crippen molar-refractivity contribution in [1.82, 2.24) is 20.0 Å². The molecule has 2 amide bonds. The Bertz CT molecular complexity index is 1250. The second kappa shape index (κ2) is 9.79. The molecule has 34 heavy (non-hydrogen) atoms. The van der Waals surface area contributed by atoms with Gasteiger partial charge in [0.25, 0.3) is 0 Å². The molecule has 4 aromatic rings. The Balaban J connectivity index is 1.27. The predicted octanol–water partition coefficient (Wildman–Crippen LogP) is 3.86. The number of carbonyl (C=O) groups excluding carboxylic acids is 2. The molecule has 3 heterocycles. The third kappa shape index (κ3) is 4.93. The van der Waals surface area contributed by atoms with Crippen molar-refractivity contribution in [3.8, 4) is 11.3 Å². The summed E-state index contributed by atoms with van der Waals surface area (Å²) in [7, 11) is 0. The molecule has 0 saturated carbocycles. The van der Waals surface area contributed by atoms with E-state index in [1.165, 1.54) is 0 Å². The number of furan rings is 1. The Labute approximate surface area is 198 Å². The van der Waals surface area contributed by atoms with Gasteiger partial charge in [-0.25, -0.2) is 0 Å². The lowest BCUT2D eigenvalue weighted by molar-refractivity contribution is -0.129. The fraction of sp³-hybridized carbons (Fsp3) is 0.222. The van der Waals surface area contributed by atoms with E-state index in [-0.39, 0.29) is 24.2 Å². The number of nitrogens with one attached hydrogen (secondary N) is 1. The summed E-state index contributed by atoms with van der Waals surface area (Å²) in [6.07, 6.45) is 3.78. The molecule has 1 atom stereocenters. The summed E-state index contributed by atoms with van der Waals surface area (Å²) in [6, 6.07) is 23.7. The van der Waals surface area contributed by atoms with Crippen LogP contribution in [-0.2, 0) is 29.2 Å². The Morgan fingerprint density at radius 1 is 1.00 bits per heavy atom. The van der Waals surface area contributed by atoms with E-state index in [9.17, 15) is 9.59 Å². The summed E-state index contributed by atoms with van der Waals surface area (Å²) in [6.45, 7) is 1.78. The van der Waals surface area contributed by atoms with Gasteiger partial charge in [-0.3, -0.25) is 14.3 Å². The maximum Gasteiger partial charge on any atom is 0.225 e. The molecule has 1 saturated heterocycles. The zero-order valence-corrected chi connectivity index (χ0v) is 18.8. The van der Waals surface area contributed by atoms with Crippen molar-refractivity contribution < 1.29 is 14.0 Å². The van der Waals surface area contributed by atoms with Crippen molar-refractivity contribution in [3.05, 3.63) is 102 Å². The van der Waals surface area contributed by atoms with Gasteiger partial charge >= 0.3 is 0 Å². The van der Waals surface area contributed by atoms with Gasteiger partial charge in [-0.05, 0) is 17.7 Å². The van der Waals surface area contributed by atoms with E-state index >= 15 is 0 Å². The standard InChI is InChI=1S/C27H26N4O3/c32-25-14-22(17-30(25)19-24-12-7-13-34-24)27(33)28-15-23-18-31(16-20-8-3-1-4-9-20)29-26(23)21-10-5-2-6-11-21/h1-13,18,22H,14-17,19H2,(H,28,33)/t22-/m1/s1. The van der Waals surface area contributed by atoms with Gasteiger partial charge in [-0.2, -0.15) is 5.10 Å². The van der Waals surface area contributed by atoms with Crippen molar-refractivity contribution in [1.29, 1.82) is 0 Å². The van der Waals surface area contributed by atoms with E-state index < -0.39 is 0 Å². The molecule has 0 spiro atoms. The van der Waals surface area contributed by atoms with Crippen LogP contribution in [0.4, 0.5) is 0 Å². The quantitative estimate of drug-likeness (QED) is 0.439. The molecule has 172 valence electrons. The topological polar surface area (TPSA) is 80.4 Å². The number of benzene rings is 2. The lowest BCUT2D eigenvalue weighted by Gasteiger charge is -2.15. The zero-order chi connectivity index (χ0) is 23.3. The van der Waals surface area contributed by atoms with E-state index in [1.54, 1.807) is 17.2 Å². The van der Waals surface area contributed by atoms with Crippen molar-refractivity contribution in [2.45, 2.75) is 26.1 Å². The smallest absolute Gasteiger partial charge is 0.225 e. The third-order valence-electron chi connectivity index (χ3n) is 6.04. The average molecular weight is 455 g/mol. The molecular weight excluding hydrogens is 428 g/mol. The number of nitrogens with zero attached hydrogens (tertiary/aromatic N) is 3. The van der Waals surface area contributed by atoms with Crippen LogP contribution in [0.3, 0.4) is 0 Å². The molecule has 0 radical (unpaired) electrons. The largest absolute Gasteiger partial charge is 0.467 e. The van der Waals surface area contributed by atoms with Crippen LogP contribution in [0, 0.1) is 5.92 Å². The maximum atomic E-state index is 12.9. The Hall–Kier alpha value is -4.13. The second-order valence-electron chi connectivity index (χ2n) is 8.52. The molecule has 7 heteroatoms. The molecule has 0 bridgehead atoms. The Morgan fingerprint density at radius 2 is 1.76 bits per heavy atom. The second-order valence-corrected chi connectivity index (χ2v) is 8.52. The number of carbonyl (C=O) groups is 2. The van der Waals surface area contributed by atoms with Crippen LogP contribution in [0.5, 0.6) is 0 Å². The molecule has 2 aromatic heterocycles. The molecule has 7 nitrogen and oxygen atoms in total. The Kier molecular flexibility index (Phi) is 6.25. The summed E-state index contributed by atoms with van der Waals surface area (Å²) in [5.74, 6) is 0.192. The minimum absolute atomic E-state index is 0.0304. The summed E-state index contributed by atoms with van der Waals surface area (Å²) >= 11 is 0. The van der Waals surface area contributed by atoms with Gasteiger partial charge in [-0.1, -0.05) is 60.7 Å². The summed E-state index contributed by atoms with van der Waals surface area (Å²) < 4.78 is 7.25. The fourth-order valence-electron chi connectivity index (χ4n) is 4.30. The molecule has 1 aliphatic rings. The van der Waals surface area contributed by atoms with Gasteiger partial charge in [0.1, 0.15) is 5.76 Å². The molecule has 0 aliphatic carbocycles. The molecule has 5 rings (SSSR count). The zero-order valence-electron chi connectivity index (χ0n) is 18.8. The highest BCUT2D eigenvalue weighted by Crippen LogP contribution is 2.24. The first-order valence-electron chi connectivity index (χ1n) is 11.4. The first-order chi connectivity index (χ1) is 16.7. The van der Waals surface area contributed by atoms with Crippen LogP contribution >= 0.6 is 0 Å². The van der Waals surface area contributed by atoms with E-state index in [2.05, 4.69) is 17.4 Å². The average Bonchev–Trinajstić information content (AvgIpc) is 3.60. The van der Waals surface area contributed by atoms with Crippen LogP contribution in [0.1, 0.15) is 23.3 Å². The lowest BCUT2D eigenvalue weighted by atomic mass is 10.1. The summed E-state index contributed by atoms with van der Waals surface area (Å²) in [5.41, 5.74) is 3.94. The fourth-order valence-corrected chi connectivity index (χ4v) is 4.30. The van der Waals surface area contributed by atoms with Crippen LogP contribution in [0.15, 0.2) is 89.7 Å². The number of hydrogen-bond donors (Lipinski definition) is 1. The SMILES string of the molecule is O=C(NCc1cn(Cc2ccccc2)nc1-c1ccccc1)[C@@H]1CC(=O)N(Cc2ccco2)C1. The molecule has 2 aromatic carbocycles. The first-order valence-corrected chi connectivity index (χ1v) is 11.4. The normalized spacial score (nSPS) is 15.6. The van der Waals surface area contributed by atoms with Gasteiger partial charge in [-0.15, -0.1) is 0 Å². The highest BCUT2D eigenvalue weighted by molar-refractivity contribution is 5.89. The van der Waals surface area contributed by atoms with Crippen LogP contribution in [0.25, 0.3) is 11.3 Å². The minimum Gasteiger partial charge on any atom is -0.467 e. The van der Waals surface area contributed by atoms with Crippen molar-refractivity contribution in [2.75, 3.05) is 6.54 Å². The van der Waals surface area contributed by atoms with Crippen LogP contribution in [-0.4, -0.2) is 33.0 Å². The Morgan fingerprint density at radius 3 is 2.50 bits per heavy atom. The van der Waals surface area contributed by atoms with Crippen LogP contribution in [0.2, 0.25) is 0 Å².